The molecule has 3 aromatic heterocycles. The van der Waals surface area contributed by atoms with E-state index >= 15 is 0 Å². The van der Waals surface area contributed by atoms with Crippen LogP contribution in [-0.4, -0.2) is 48.7 Å². The van der Waals surface area contributed by atoms with Crippen LogP contribution in [0.3, 0.4) is 0 Å². The highest BCUT2D eigenvalue weighted by Crippen LogP contribution is 2.24. The summed E-state index contributed by atoms with van der Waals surface area (Å²) in [5.41, 5.74) is 2.51. The predicted molar refractivity (Wildman–Crippen MR) is 102 cm³/mol. The Morgan fingerprint density at radius 1 is 1.14 bits per heavy atom. The third-order valence-corrected chi connectivity index (χ3v) is 4.88. The van der Waals surface area contributed by atoms with Gasteiger partial charge in [-0.25, -0.2) is 9.97 Å². The Labute approximate surface area is 160 Å². The Kier molecular flexibility index (Phi) is 4.01. The second-order valence-electron chi connectivity index (χ2n) is 6.72. The minimum Gasteiger partial charge on any atom is -0.461 e. The summed E-state index contributed by atoms with van der Waals surface area (Å²) < 4.78 is 7.64. The molecule has 8 nitrogen and oxygen atoms in total. The molecule has 4 heterocycles. The molecule has 0 aliphatic carbocycles. The van der Waals surface area contributed by atoms with Crippen molar-refractivity contribution in [3.63, 3.8) is 0 Å². The monoisotopic (exact) mass is 374 g/mol. The van der Waals surface area contributed by atoms with Gasteiger partial charge in [0.05, 0.1) is 12.2 Å². The summed E-state index contributed by atoms with van der Waals surface area (Å²) in [6.07, 6.45) is 5.01. The van der Waals surface area contributed by atoms with Crippen LogP contribution in [0.15, 0.2) is 61.1 Å². The van der Waals surface area contributed by atoms with E-state index in [0.717, 1.165) is 16.6 Å². The summed E-state index contributed by atoms with van der Waals surface area (Å²) in [4.78, 5) is 26.3. The zero-order valence-electron chi connectivity index (χ0n) is 15.0. The summed E-state index contributed by atoms with van der Waals surface area (Å²) in [7, 11) is 0. The summed E-state index contributed by atoms with van der Waals surface area (Å²) in [5.74, 6) is -0.0374. The molecule has 0 saturated heterocycles. The van der Waals surface area contributed by atoms with Crippen LogP contribution in [0.25, 0.3) is 10.9 Å². The van der Waals surface area contributed by atoms with Gasteiger partial charge < -0.3 is 14.6 Å². The van der Waals surface area contributed by atoms with Crippen LogP contribution < -0.4 is 4.74 Å². The second-order valence-corrected chi connectivity index (χ2v) is 6.72. The van der Waals surface area contributed by atoms with Gasteiger partial charge in [-0.15, -0.1) is 0 Å². The minimum atomic E-state index is -0.115. The van der Waals surface area contributed by atoms with E-state index in [1.807, 2.05) is 46.0 Å². The Balaban J connectivity index is 1.38. The first-order valence-corrected chi connectivity index (χ1v) is 9.07. The number of aromatic amines is 1. The lowest BCUT2D eigenvalue weighted by Crippen LogP contribution is -2.43. The van der Waals surface area contributed by atoms with E-state index in [1.54, 1.807) is 24.7 Å². The average Bonchev–Trinajstić information content (AvgIpc) is 3.39. The van der Waals surface area contributed by atoms with Crippen molar-refractivity contribution in [2.45, 2.75) is 12.6 Å². The van der Waals surface area contributed by atoms with Gasteiger partial charge in [-0.3, -0.25) is 9.48 Å². The number of nitrogens with one attached hydrogen (secondary N) is 1. The van der Waals surface area contributed by atoms with Crippen LogP contribution in [0.1, 0.15) is 22.2 Å². The number of rotatable bonds is 4. The van der Waals surface area contributed by atoms with Gasteiger partial charge in [0.2, 0.25) is 0 Å². The van der Waals surface area contributed by atoms with Crippen molar-refractivity contribution < 1.29 is 9.53 Å². The van der Waals surface area contributed by atoms with Crippen LogP contribution in [0, 0.1) is 0 Å². The highest BCUT2D eigenvalue weighted by Gasteiger charge is 2.30. The zero-order chi connectivity index (χ0) is 18.9. The Morgan fingerprint density at radius 2 is 2.00 bits per heavy atom. The van der Waals surface area contributed by atoms with Crippen molar-refractivity contribution in [1.29, 1.82) is 0 Å². The summed E-state index contributed by atoms with van der Waals surface area (Å²) >= 11 is 0. The molecule has 0 bridgehead atoms. The molecular formula is C20H18N6O2. The lowest BCUT2D eigenvalue weighted by Gasteiger charge is -2.33. The van der Waals surface area contributed by atoms with E-state index in [9.17, 15) is 4.79 Å². The van der Waals surface area contributed by atoms with E-state index in [2.05, 4.69) is 20.1 Å². The summed E-state index contributed by atoms with van der Waals surface area (Å²) in [6.45, 7) is 1.33. The number of fused-ring (bicyclic) bond motifs is 2. The fourth-order valence-electron chi connectivity index (χ4n) is 3.56. The molecule has 28 heavy (non-hydrogen) atoms. The molecule has 0 spiro atoms. The van der Waals surface area contributed by atoms with Crippen molar-refractivity contribution in [1.82, 2.24) is 29.6 Å². The fraction of sp³-hybridized carbons (Fsp3) is 0.200. The summed E-state index contributed by atoms with van der Waals surface area (Å²) in [6, 6.07) is 13.6. The Morgan fingerprint density at radius 3 is 2.86 bits per heavy atom. The number of para-hydroxylation sites is 1. The largest absolute Gasteiger partial charge is 0.461 e. The van der Waals surface area contributed by atoms with Gasteiger partial charge in [-0.1, -0.05) is 18.2 Å². The maximum absolute atomic E-state index is 13.1. The third kappa shape index (κ3) is 2.98. The quantitative estimate of drug-likeness (QED) is 0.593. The van der Waals surface area contributed by atoms with Gasteiger partial charge in [0.1, 0.15) is 18.3 Å². The number of amides is 1. The number of H-pyrrole nitrogens is 1. The zero-order valence-corrected chi connectivity index (χ0v) is 15.0. The first-order valence-electron chi connectivity index (χ1n) is 9.07. The molecule has 1 aromatic carbocycles. The smallest absolute Gasteiger partial charge is 0.316 e. The molecule has 0 saturated carbocycles. The molecule has 140 valence electrons. The van der Waals surface area contributed by atoms with Crippen molar-refractivity contribution in [3.05, 3.63) is 72.4 Å². The SMILES string of the molecule is O=C(c1cc2ccccc2[nH]1)N1Cc2ccnn2C(COc2ncccn2)C1. The molecule has 1 aliphatic heterocycles. The molecule has 8 heteroatoms. The van der Waals surface area contributed by atoms with E-state index in [0.29, 0.717) is 31.4 Å². The topological polar surface area (TPSA) is 88.9 Å². The fourth-order valence-corrected chi connectivity index (χ4v) is 3.56. The van der Waals surface area contributed by atoms with E-state index in [4.69, 9.17) is 4.74 Å². The standard InChI is InChI=1S/C20H18N6O2/c27-19(18-10-14-4-1-2-5-17(14)24-18)25-11-15-6-9-23-26(15)16(12-25)13-28-20-21-7-3-8-22-20/h1-10,16,24H,11-13H2. The van der Waals surface area contributed by atoms with Crippen LogP contribution in [0.4, 0.5) is 0 Å². The Bertz CT molecular complexity index is 1090. The number of carbonyl (C=O) groups excluding carboxylic acids is 1. The number of nitrogens with zero attached hydrogens (tertiary/aromatic N) is 5. The number of ether oxygens (including phenoxy) is 1. The van der Waals surface area contributed by atoms with Gasteiger partial charge in [-0.2, -0.15) is 5.10 Å². The number of hydrogen-bond donors (Lipinski definition) is 1. The average molecular weight is 374 g/mol. The second kappa shape index (κ2) is 6.80. The maximum Gasteiger partial charge on any atom is 0.316 e. The molecule has 1 unspecified atom stereocenters. The normalized spacial score (nSPS) is 16.1. The first-order chi connectivity index (χ1) is 13.8. The highest BCUT2D eigenvalue weighted by atomic mass is 16.5. The number of hydrogen-bond acceptors (Lipinski definition) is 5. The molecule has 5 rings (SSSR count). The van der Waals surface area contributed by atoms with Crippen molar-refractivity contribution in [2.24, 2.45) is 0 Å². The van der Waals surface area contributed by atoms with Crippen molar-refractivity contribution in [3.8, 4) is 6.01 Å². The van der Waals surface area contributed by atoms with E-state index < -0.39 is 0 Å². The Hall–Kier alpha value is -3.68. The van der Waals surface area contributed by atoms with Crippen molar-refractivity contribution in [2.75, 3.05) is 13.2 Å². The first kappa shape index (κ1) is 16.5. The minimum absolute atomic E-state index is 0.0374. The molecular weight excluding hydrogens is 356 g/mol. The van der Waals surface area contributed by atoms with Gasteiger partial charge in [0.15, 0.2) is 0 Å². The molecule has 1 N–H and O–H groups in total. The molecule has 1 aliphatic rings. The van der Waals surface area contributed by atoms with E-state index in [1.165, 1.54) is 0 Å². The lowest BCUT2D eigenvalue weighted by atomic mass is 10.2. The maximum atomic E-state index is 13.1. The van der Waals surface area contributed by atoms with Crippen LogP contribution in [-0.2, 0) is 6.54 Å². The molecule has 1 atom stereocenters. The molecule has 1 amide bonds. The lowest BCUT2D eigenvalue weighted by molar-refractivity contribution is 0.0624. The van der Waals surface area contributed by atoms with Crippen LogP contribution in [0.5, 0.6) is 6.01 Å². The van der Waals surface area contributed by atoms with Gasteiger partial charge in [-0.05, 0) is 24.3 Å². The predicted octanol–water partition coefficient (Wildman–Crippen LogP) is 2.43. The third-order valence-electron chi connectivity index (χ3n) is 4.88. The van der Waals surface area contributed by atoms with E-state index in [-0.39, 0.29) is 11.9 Å². The molecule has 4 aromatic rings. The summed E-state index contributed by atoms with van der Waals surface area (Å²) in [5, 5.41) is 5.42. The van der Waals surface area contributed by atoms with Gasteiger partial charge in [0, 0.05) is 36.0 Å². The van der Waals surface area contributed by atoms with Gasteiger partial charge >= 0.3 is 6.01 Å². The van der Waals surface area contributed by atoms with Crippen LogP contribution >= 0.6 is 0 Å². The number of carbonyl (C=O) groups is 1. The van der Waals surface area contributed by atoms with Crippen LogP contribution in [0.2, 0.25) is 0 Å². The van der Waals surface area contributed by atoms with Crippen molar-refractivity contribution >= 4 is 16.8 Å². The molecule has 0 radical (unpaired) electrons. The highest BCUT2D eigenvalue weighted by molar-refractivity contribution is 5.98. The van der Waals surface area contributed by atoms with Gasteiger partial charge in [0.25, 0.3) is 5.91 Å². The number of benzene rings is 1. The molecule has 0 fully saturated rings. The number of aromatic nitrogens is 5.